The van der Waals surface area contributed by atoms with E-state index >= 15 is 0 Å². The molecule has 3 aromatic rings. The second-order valence-electron chi connectivity index (χ2n) is 9.01. The summed E-state index contributed by atoms with van der Waals surface area (Å²) >= 11 is 0. The largest absolute Gasteiger partial charge is 0.482 e. The monoisotopic (exact) mass is 504 g/mol. The van der Waals surface area contributed by atoms with Crippen LogP contribution in [-0.4, -0.2) is 53.0 Å². The zero-order chi connectivity index (χ0) is 26.1. The summed E-state index contributed by atoms with van der Waals surface area (Å²) in [6, 6.07) is 11.5. The average molecular weight is 505 g/mol. The lowest BCUT2D eigenvalue weighted by molar-refractivity contribution is -0.118. The molecule has 1 atom stereocenters. The molecule has 3 amide bonds. The van der Waals surface area contributed by atoms with Gasteiger partial charge in [-0.05, 0) is 41.8 Å². The number of aromatic nitrogens is 1. The molecule has 37 heavy (non-hydrogen) atoms. The minimum absolute atomic E-state index is 0.0202. The van der Waals surface area contributed by atoms with Crippen LogP contribution in [0.5, 0.6) is 5.75 Å². The number of ether oxygens (including phenoxy) is 1. The number of nitrogens with one attached hydrogen (secondary N) is 4. The highest BCUT2D eigenvalue weighted by Gasteiger charge is 2.31. The number of carbonyl (C=O) groups excluding carboxylic acids is 3. The quantitative estimate of drug-likeness (QED) is 0.326. The average Bonchev–Trinajstić information content (AvgIpc) is 3.53. The molecule has 3 heterocycles. The van der Waals surface area contributed by atoms with Crippen LogP contribution in [0.3, 0.4) is 0 Å². The molecule has 0 saturated carbocycles. The third kappa shape index (κ3) is 4.88. The highest BCUT2D eigenvalue weighted by molar-refractivity contribution is 6.44. The zero-order valence-corrected chi connectivity index (χ0v) is 19.8. The summed E-state index contributed by atoms with van der Waals surface area (Å²) < 4.78 is 18.9. The van der Waals surface area contributed by atoms with E-state index in [0.717, 1.165) is 5.56 Å². The standard InChI is InChI=1S/C26H25FN6O4/c27-17-3-1-2-15(9-17)16-6-7-33(12-16)26(36)18-11-30-24(22(18)28)23(29)25(35)31-10-14-4-5-20-19(8-14)32-21(34)13-37-20/h1-5,8-9,11,16,29-30H,6-7,10,12-13,28H2,(H,31,35)(H,32,34). The maximum absolute atomic E-state index is 13.6. The first-order chi connectivity index (χ1) is 17.8. The molecule has 1 unspecified atom stereocenters. The van der Waals surface area contributed by atoms with Crippen molar-refractivity contribution in [1.29, 1.82) is 5.41 Å². The number of aromatic amines is 1. The van der Waals surface area contributed by atoms with Gasteiger partial charge in [0.05, 0.1) is 22.6 Å². The van der Waals surface area contributed by atoms with Crippen molar-refractivity contribution in [1.82, 2.24) is 15.2 Å². The van der Waals surface area contributed by atoms with E-state index in [2.05, 4.69) is 15.6 Å². The number of anilines is 2. The maximum Gasteiger partial charge on any atom is 0.271 e. The van der Waals surface area contributed by atoms with Gasteiger partial charge in [0.15, 0.2) is 6.61 Å². The number of H-pyrrole nitrogens is 1. The molecule has 10 nitrogen and oxygen atoms in total. The van der Waals surface area contributed by atoms with Crippen molar-refractivity contribution >= 4 is 34.8 Å². The normalized spacial score (nSPS) is 16.5. The van der Waals surface area contributed by atoms with Crippen LogP contribution in [0.1, 0.15) is 39.5 Å². The molecular weight excluding hydrogens is 479 g/mol. The van der Waals surface area contributed by atoms with E-state index in [9.17, 15) is 18.8 Å². The first kappa shape index (κ1) is 24.0. The molecule has 5 rings (SSSR count). The Morgan fingerprint density at radius 1 is 1.24 bits per heavy atom. The van der Waals surface area contributed by atoms with Crippen LogP contribution >= 0.6 is 0 Å². The predicted octanol–water partition coefficient (Wildman–Crippen LogP) is 2.38. The fourth-order valence-corrected chi connectivity index (χ4v) is 4.59. The number of benzene rings is 2. The number of nitrogen functional groups attached to an aromatic ring is 1. The zero-order valence-electron chi connectivity index (χ0n) is 19.8. The Kier molecular flexibility index (Phi) is 6.34. The van der Waals surface area contributed by atoms with Crippen molar-refractivity contribution in [2.24, 2.45) is 0 Å². The minimum Gasteiger partial charge on any atom is -0.482 e. The fraction of sp³-hybridized carbons (Fsp3) is 0.231. The van der Waals surface area contributed by atoms with Crippen LogP contribution in [0.2, 0.25) is 0 Å². The van der Waals surface area contributed by atoms with Gasteiger partial charge in [-0.25, -0.2) is 4.39 Å². The van der Waals surface area contributed by atoms with Crippen LogP contribution in [-0.2, 0) is 16.1 Å². The molecule has 0 radical (unpaired) electrons. The topological polar surface area (TPSA) is 153 Å². The van der Waals surface area contributed by atoms with Gasteiger partial charge in [0, 0.05) is 31.7 Å². The molecule has 2 aliphatic heterocycles. The molecule has 6 N–H and O–H groups in total. The Morgan fingerprint density at radius 2 is 2.08 bits per heavy atom. The van der Waals surface area contributed by atoms with E-state index in [-0.39, 0.29) is 53.6 Å². The molecule has 2 aromatic carbocycles. The second-order valence-corrected chi connectivity index (χ2v) is 9.01. The van der Waals surface area contributed by atoms with Gasteiger partial charge in [0.2, 0.25) is 0 Å². The smallest absolute Gasteiger partial charge is 0.271 e. The molecule has 0 aliphatic carbocycles. The van der Waals surface area contributed by atoms with Gasteiger partial charge in [-0.2, -0.15) is 0 Å². The summed E-state index contributed by atoms with van der Waals surface area (Å²) in [7, 11) is 0. The Labute approximate surface area is 211 Å². The van der Waals surface area contributed by atoms with Gasteiger partial charge in [0.25, 0.3) is 17.7 Å². The number of fused-ring (bicyclic) bond motifs is 1. The SMILES string of the molecule is N=C(C(=O)NCc1ccc2c(c1)NC(=O)CO2)c1[nH]cc(C(=O)N2CCC(c3cccc(F)c3)C2)c1N. The predicted molar refractivity (Wildman–Crippen MR) is 134 cm³/mol. The first-order valence-electron chi connectivity index (χ1n) is 11.7. The van der Waals surface area contributed by atoms with E-state index < -0.39 is 11.6 Å². The maximum atomic E-state index is 13.6. The lowest BCUT2D eigenvalue weighted by Crippen LogP contribution is -2.32. The van der Waals surface area contributed by atoms with Gasteiger partial charge in [-0.1, -0.05) is 18.2 Å². The van der Waals surface area contributed by atoms with E-state index in [0.29, 0.717) is 36.5 Å². The third-order valence-electron chi connectivity index (χ3n) is 6.55. The van der Waals surface area contributed by atoms with Crippen LogP contribution in [0.25, 0.3) is 0 Å². The summed E-state index contributed by atoms with van der Waals surface area (Å²) in [6.45, 7) is 0.969. The third-order valence-corrected chi connectivity index (χ3v) is 6.55. The van der Waals surface area contributed by atoms with Crippen molar-refractivity contribution in [3.05, 3.63) is 76.9 Å². The minimum atomic E-state index is -0.683. The van der Waals surface area contributed by atoms with Crippen molar-refractivity contribution in [3.8, 4) is 5.75 Å². The molecular formula is C26H25FN6O4. The molecule has 1 saturated heterocycles. The highest BCUT2D eigenvalue weighted by Crippen LogP contribution is 2.30. The van der Waals surface area contributed by atoms with E-state index in [1.807, 2.05) is 6.07 Å². The van der Waals surface area contributed by atoms with Crippen LogP contribution < -0.4 is 21.1 Å². The Bertz CT molecular complexity index is 1420. The van der Waals surface area contributed by atoms with Crippen LogP contribution in [0, 0.1) is 11.2 Å². The van der Waals surface area contributed by atoms with Gasteiger partial charge < -0.3 is 31.0 Å². The lowest BCUT2D eigenvalue weighted by atomic mass is 9.98. The number of amides is 3. The summed E-state index contributed by atoms with van der Waals surface area (Å²) in [5.41, 5.74) is 8.05. The molecule has 0 spiro atoms. The van der Waals surface area contributed by atoms with Crippen LogP contribution in [0.4, 0.5) is 15.8 Å². The van der Waals surface area contributed by atoms with Gasteiger partial charge in [-0.15, -0.1) is 0 Å². The molecule has 2 aliphatic rings. The molecule has 1 aromatic heterocycles. The van der Waals surface area contributed by atoms with Crippen molar-refractivity contribution in [2.75, 3.05) is 30.7 Å². The van der Waals surface area contributed by atoms with Crippen molar-refractivity contribution < 1.29 is 23.5 Å². The number of likely N-dealkylation sites (tertiary alicyclic amines) is 1. The molecule has 1 fully saturated rings. The Morgan fingerprint density at radius 3 is 2.89 bits per heavy atom. The number of hydrogen-bond acceptors (Lipinski definition) is 6. The fourth-order valence-electron chi connectivity index (χ4n) is 4.59. The summed E-state index contributed by atoms with van der Waals surface area (Å²) in [4.78, 5) is 41.7. The highest BCUT2D eigenvalue weighted by atomic mass is 19.1. The summed E-state index contributed by atoms with van der Waals surface area (Å²) in [6.07, 6.45) is 2.10. The number of nitrogens with two attached hydrogens (primary N) is 1. The number of hydrogen-bond donors (Lipinski definition) is 5. The molecule has 11 heteroatoms. The Balaban J connectivity index is 1.21. The van der Waals surface area contributed by atoms with E-state index in [1.54, 1.807) is 29.2 Å². The van der Waals surface area contributed by atoms with Crippen molar-refractivity contribution in [3.63, 3.8) is 0 Å². The number of nitrogens with zero attached hydrogens (tertiary/aromatic N) is 1. The van der Waals surface area contributed by atoms with E-state index in [1.165, 1.54) is 18.3 Å². The van der Waals surface area contributed by atoms with Crippen molar-refractivity contribution in [2.45, 2.75) is 18.9 Å². The van der Waals surface area contributed by atoms with Gasteiger partial charge in [0.1, 0.15) is 17.3 Å². The summed E-state index contributed by atoms with van der Waals surface area (Å²) in [5, 5.41) is 13.6. The van der Waals surface area contributed by atoms with Gasteiger partial charge >= 0.3 is 0 Å². The second kappa shape index (κ2) is 9.76. The van der Waals surface area contributed by atoms with E-state index in [4.69, 9.17) is 15.9 Å². The van der Waals surface area contributed by atoms with Crippen LogP contribution in [0.15, 0.2) is 48.7 Å². The number of rotatable bonds is 6. The number of carbonyl (C=O) groups is 3. The first-order valence-corrected chi connectivity index (χ1v) is 11.7. The lowest BCUT2D eigenvalue weighted by Gasteiger charge is -2.18. The molecule has 0 bridgehead atoms. The molecule has 190 valence electrons. The van der Waals surface area contributed by atoms with Gasteiger partial charge in [-0.3, -0.25) is 19.8 Å². The Hall–Kier alpha value is -4.67. The number of halogens is 1. The summed E-state index contributed by atoms with van der Waals surface area (Å²) in [5.74, 6) is -1.01.